The number of halogens is 1. The summed E-state index contributed by atoms with van der Waals surface area (Å²) in [6.45, 7) is 1.46. The van der Waals surface area contributed by atoms with Crippen LogP contribution in [0.4, 0.5) is 5.69 Å². The minimum Gasteiger partial charge on any atom is -0.352 e. The van der Waals surface area contributed by atoms with E-state index in [0.717, 1.165) is 57.1 Å². The second-order valence-corrected chi connectivity index (χ2v) is 12.4. The highest BCUT2D eigenvalue weighted by Gasteiger charge is 2.31. The molecule has 3 aromatic rings. The molecule has 0 heterocycles. The predicted octanol–water partition coefficient (Wildman–Crippen LogP) is 4.84. The molecule has 1 N–H and O–H groups in total. The predicted molar refractivity (Wildman–Crippen MR) is 151 cm³/mol. The zero-order valence-electron chi connectivity index (χ0n) is 21.1. The van der Waals surface area contributed by atoms with Gasteiger partial charge < -0.3 is 10.2 Å². The fourth-order valence-corrected chi connectivity index (χ4v) is 5.91. The lowest BCUT2D eigenvalue weighted by Crippen LogP contribution is -2.52. The third kappa shape index (κ3) is 6.70. The number of rotatable bonds is 9. The number of sulfonamides is 1. The fourth-order valence-electron chi connectivity index (χ4n) is 4.78. The number of amides is 2. The van der Waals surface area contributed by atoms with Crippen LogP contribution in [-0.4, -0.2) is 50.0 Å². The lowest BCUT2D eigenvalue weighted by atomic mass is 10.1. The molecule has 7 nitrogen and oxygen atoms in total. The summed E-state index contributed by atoms with van der Waals surface area (Å²) in [6.07, 6.45) is 5.12. The Morgan fingerprint density at radius 3 is 2.32 bits per heavy atom. The highest BCUT2D eigenvalue weighted by molar-refractivity contribution is 9.10. The number of hydrogen-bond acceptors (Lipinski definition) is 4. The lowest BCUT2D eigenvalue weighted by Gasteiger charge is -2.32. The Balaban J connectivity index is 1.65. The van der Waals surface area contributed by atoms with Crippen LogP contribution in [0.5, 0.6) is 0 Å². The van der Waals surface area contributed by atoms with Crippen molar-refractivity contribution >= 4 is 54.2 Å². The van der Waals surface area contributed by atoms with Gasteiger partial charge in [0.2, 0.25) is 21.8 Å². The van der Waals surface area contributed by atoms with Crippen LogP contribution in [0.3, 0.4) is 0 Å². The van der Waals surface area contributed by atoms with Crippen LogP contribution >= 0.6 is 15.9 Å². The van der Waals surface area contributed by atoms with Crippen LogP contribution in [0.25, 0.3) is 10.8 Å². The number of hydrogen-bond donors (Lipinski definition) is 1. The number of nitrogens with one attached hydrogen (secondary N) is 1. The largest absolute Gasteiger partial charge is 0.352 e. The fraction of sp³-hybridized carbons (Fsp3) is 0.357. The minimum atomic E-state index is -3.80. The van der Waals surface area contributed by atoms with Crippen LogP contribution < -0.4 is 9.62 Å². The van der Waals surface area contributed by atoms with Gasteiger partial charge in [0.1, 0.15) is 12.6 Å². The zero-order valence-corrected chi connectivity index (χ0v) is 23.5. The average Bonchev–Trinajstić information content (AvgIpc) is 3.38. The second-order valence-electron chi connectivity index (χ2n) is 9.58. The first-order valence-electron chi connectivity index (χ1n) is 12.4. The summed E-state index contributed by atoms with van der Waals surface area (Å²) in [5, 5.41) is 4.68. The van der Waals surface area contributed by atoms with Crippen molar-refractivity contribution in [3.05, 3.63) is 76.8 Å². The summed E-state index contributed by atoms with van der Waals surface area (Å²) >= 11 is 3.42. The molecule has 2 amide bonds. The molecule has 1 saturated carbocycles. The Morgan fingerprint density at radius 2 is 1.65 bits per heavy atom. The zero-order chi connectivity index (χ0) is 26.6. The van der Waals surface area contributed by atoms with E-state index < -0.39 is 28.5 Å². The van der Waals surface area contributed by atoms with Crippen molar-refractivity contribution in [2.45, 2.75) is 51.2 Å². The molecular weight excluding hydrogens is 554 g/mol. The van der Waals surface area contributed by atoms with E-state index in [4.69, 9.17) is 0 Å². The molecule has 37 heavy (non-hydrogen) atoms. The summed E-state index contributed by atoms with van der Waals surface area (Å²) in [6, 6.07) is 19.7. The maximum absolute atomic E-state index is 13.8. The third-order valence-corrected chi connectivity index (χ3v) is 8.50. The molecular formula is C28H32BrN3O4S. The molecule has 0 radical (unpaired) electrons. The molecule has 4 rings (SSSR count). The molecule has 0 aliphatic heterocycles. The summed E-state index contributed by atoms with van der Waals surface area (Å²) in [7, 11) is -3.80. The maximum atomic E-state index is 13.8. The standard InChI is InChI=1S/C28H32BrN3O4S/c1-20(28(34)30-24-10-4-5-11-24)31(18-21-14-16-23(29)17-15-21)27(33)19-32(37(2,35)36)26-13-7-9-22-8-3-6-12-25(22)26/h3,6-9,12-17,20,24H,4-5,10-11,18-19H2,1-2H3,(H,30,34)/t20-/m0/s1. The Hall–Kier alpha value is -2.91. The van der Waals surface area contributed by atoms with Gasteiger partial charge in [-0.05, 0) is 48.9 Å². The monoisotopic (exact) mass is 585 g/mol. The van der Waals surface area contributed by atoms with Gasteiger partial charge >= 0.3 is 0 Å². The van der Waals surface area contributed by atoms with Crippen molar-refractivity contribution in [2.75, 3.05) is 17.1 Å². The second kappa shape index (κ2) is 11.6. The first-order valence-corrected chi connectivity index (χ1v) is 15.1. The number of benzene rings is 3. The molecule has 1 atom stereocenters. The van der Waals surface area contributed by atoms with E-state index in [1.165, 1.54) is 4.90 Å². The molecule has 1 aliphatic carbocycles. The van der Waals surface area contributed by atoms with Crippen molar-refractivity contribution in [3.63, 3.8) is 0 Å². The van der Waals surface area contributed by atoms with Gasteiger partial charge in [0.05, 0.1) is 11.9 Å². The van der Waals surface area contributed by atoms with Gasteiger partial charge in [0.15, 0.2) is 0 Å². The number of carbonyl (C=O) groups is 2. The SMILES string of the molecule is C[C@@H](C(=O)NC1CCCC1)N(Cc1ccc(Br)cc1)C(=O)CN(c1cccc2ccccc12)S(C)(=O)=O. The van der Waals surface area contributed by atoms with Gasteiger partial charge in [-0.2, -0.15) is 0 Å². The van der Waals surface area contributed by atoms with Crippen molar-refractivity contribution in [1.82, 2.24) is 10.2 Å². The molecule has 0 bridgehead atoms. The van der Waals surface area contributed by atoms with E-state index in [1.54, 1.807) is 19.1 Å². The van der Waals surface area contributed by atoms with E-state index in [1.807, 2.05) is 54.6 Å². The summed E-state index contributed by atoms with van der Waals surface area (Å²) in [5.74, 6) is -0.677. The van der Waals surface area contributed by atoms with E-state index in [0.29, 0.717) is 5.69 Å². The average molecular weight is 587 g/mol. The summed E-state index contributed by atoms with van der Waals surface area (Å²) < 4.78 is 27.9. The Bertz CT molecular complexity index is 1370. The number of nitrogens with zero attached hydrogens (tertiary/aromatic N) is 2. The van der Waals surface area contributed by atoms with Gasteiger partial charge in [-0.3, -0.25) is 13.9 Å². The first-order chi connectivity index (χ1) is 17.6. The smallest absolute Gasteiger partial charge is 0.244 e. The van der Waals surface area contributed by atoms with E-state index in [2.05, 4.69) is 21.2 Å². The van der Waals surface area contributed by atoms with Gasteiger partial charge in [-0.15, -0.1) is 0 Å². The van der Waals surface area contributed by atoms with Crippen LogP contribution in [0.2, 0.25) is 0 Å². The molecule has 9 heteroatoms. The molecule has 0 spiro atoms. The summed E-state index contributed by atoms with van der Waals surface area (Å²) in [5.41, 5.74) is 1.27. The van der Waals surface area contributed by atoms with Gasteiger partial charge in [0, 0.05) is 22.4 Å². The third-order valence-electron chi connectivity index (χ3n) is 6.85. The first kappa shape index (κ1) is 27.1. The molecule has 3 aromatic carbocycles. The van der Waals surface area contributed by atoms with Gasteiger partial charge in [-0.1, -0.05) is 77.3 Å². The normalized spacial score (nSPS) is 14.9. The van der Waals surface area contributed by atoms with Crippen LogP contribution in [0.15, 0.2) is 71.2 Å². The molecule has 1 aliphatic rings. The molecule has 0 unspecified atom stereocenters. The highest BCUT2D eigenvalue weighted by Crippen LogP contribution is 2.29. The number of anilines is 1. The van der Waals surface area contributed by atoms with Gasteiger partial charge in [-0.25, -0.2) is 8.42 Å². The maximum Gasteiger partial charge on any atom is 0.244 e. The quantitative estimate of drug-likeness (QED) is 0.389. The van der Waals surface area contributed by atoms with Crippen molar-refractivity contribution in [2.24, 2.45) is 0 Å². The topological polar surface area (TPSA) is 86.8 Å². The Morgan fingerprint density at radius 1 is 1.00 bits per heavy atom. The van der Waals surface area contributed by atoms with Crippen LogP contribution in [-0.2, 0) is 26.2 Å². The van der Waals surface area contributed by atoms with Crippen molar-refractivity contribution < 1.29 is 18.0 Å². The minimum absolute atomic E-state index is 0.114. The molecule has 0 saturated heterocycles. The van der Waals surface area contributed by atoms with E-state index >= 15 is 0 Å². The lowest BCUT2D eigenvalue weighted by molar-refractivity contribution is -0.139. The molecule has 196 valence electrons. The number of fused-ring (bicyclic) bond motifs is 1. The highest BCUT2D eigenvalue weighted by atomic mass is 79.9. The van der Waals surface area contributed by atoms with E-state index in [-0.39, 0.29) is 18.5 Å². The summed E-state index contributed by atoms with van der Waals surface area (Å²) in [4.78, 5) is 28.4. The van der Waals surface area contributed by atoms with Gasteiger partial charge in [0.25, 0.3) is 0 Å². The van der Waals surface area contributed by atoms with Crippen molar-refractivity contribution in [1.29, 1.82) is 0 Å². The van der Waals surface area contributed by atoms with Crippen molar-refractivity contribution in [3.8, 4) is 0 Å². The van der Waals surface area contributed by atoms with E-state index in [9.17, 15) is 18.0 Å². The molecule has 1 fully saturated rings. The van der Waals surface area contributed by atoms with Crippen LogP contribution in [0.1, 0.15) is 38.2 Å². The Labute approximate surface area is 227 Å². The Kier molecular flexibility index (Phi) is 8.54. The molecule has 0 aromatic heterocycles. The number of carbonyl (C=O) groups excluding carboxylic acids is 2. The van der Waals surface area contributed by atoms with Crippen LogP contribution in [0, 0.1) is 0 Å².